The van der Waals surface area contributed by atoms with Crippen molar-refractivity contribution in [3.63, 3.8) is 0 Å². The number of carbonyl (C=O) groups excluding carboxylic acids is 1. The van der Waals surface area contributed by atoms with Crippen LogP contribution in [-0.4, -0.2) is 43.4 Å². The zero-order valence-corrected chi connectivity index (χ0v) is 17.7. The molecule has 3 heterocycles. The molecule has 1 amide bonds. The third-order valence-electron chi connectivity index (χ3n) is 5.92. The number of hydrogen-bond acceptors (Lipinski definition) is 6. The smallest absolute Gasteiger partial charge is 0.291 e. The molecule has 0 radical (unpaired) electrons. The van der Waals surface area contributed by atoms with Crippen LogP contribution in [0.15, 0.2) is 57.7 Å². The first-order chi connectivity index (χ1) is 14.9. The predicted molar refractivity (Wildman–Crippen MR) is 115 cm³/mol. The molecule has 7 nitrogen and oxygen atoms in total. The molecule has 0 saturated carbocycles. The maximum absolute atomic E-state index is 13.4. The van der Waals surface area contributed by atoms with Gasteiger partial charge in [-0.3, -0.25) is 9.59 Å². The Morgan fingerprint density at radius 3 is 2.52 bits per heavy atom. The molecule has 2 atom stereocenters. The number of nitrogens with zero attached hydrogens (tertiary/aromatic N) is 1. The van der Waals surface area contributed by atoms with E-state index in [4.69, 9.17) is 9.15 Å². The van der Waals surface area contributed by atoms with Crippen LogP contribution >= 0.6 is 0 Å². The minimum atomic E-state index is -3.23. The normalized spacial score (nSPS) is 22.1. The van der Waals surface area contributed by atoms with Crippen molar-refractivity contribution in [1.29, 1.82) is 0 Å². The van der Waals surface area contributed by atoms with E-state index in [9.17, 15) is 18.0 Å². The van der Waals surface area contributed by atoms with E-state index in [1.165, 1.54) is 4.90 Å². The minimum absolute atomic E-state index is 0.00752. The van der Waals surface area contributed by atoms with Crippen LogP contribution in [0.25, 0.3) is 11.0 Å². The lowest BCUT2D eigenvalue weighted by atomic mass is 9.97. The number of sulfone groups is 1. The van der Waals surface area contributed by atoms with Gasteiger partial charge in [0.25, 0.3) is 5.91 Å². The molecule has 0 unspecified atom stereocenters. The molecule has 0 spiro atoms. The number of para-hydroxylation sites is 1. The molecule has 0 bridgehead atoms. The van der Waals surface area contributed by atoms with Gasteiger partial charge >= 0.3 is 0 Å². The minimum Gasteiger partial charge on any atom is -0.494 e. The Bertz CT molecular complexity index is 1340. The molecule has 2 aliphatic heterocycles. The standard InChI is InChI=1S/C23H21NO6S/c1-2-29-16-9-7-14(8-10-16)20-19-21(25)17-5-3-4-6-18(17)30-22(19)23(26)24(20)15-11-12-31(27,28)13-15/h3-10,15,20H,2,11-13H2,1H3/t15-,20-/m1/s1. The summed E-state index contributed by atoms with van der Waals surface area (Å²) in [6, 6.07) is 12.8. The van der Waals surface area contributed by atoms with E-state index in [0.717, 1.165) is 0 Å². The van der Waals surface area contributed by atoms with Gasteiger partial charge in [0.15, 0.2) is 15.3 Å². The van der Waals surface area contributed by atoms with Gasteiger partial charge in [-0.25, -0.2) is 8.42 Å². The van der Waals surface area contributed by atoms with Gasteiger partial charge in [0.1, 0.15) is 11.3 Å². The predicted octanol–water partition coefficient (Wildman–Crippen LogP) is 2.92. The summed E-state index contributed by atoms with van der Waals surface area (Å²) in [5.74, 6) is 0.132. The van der Waals surface area contributed by atoms with E-state index < -0.39 is 27.8 Å². The number of hydrogen-bond donors (Lipinski definition) is 0. The molecule has 1 fully saturated rings. The average molecular weight is 439 g/mol. The summed E-state index contributed by atoms with van der Waals surface area (Å²) >= 11 is 0. The van der Waals surface area contributed by atoms with Gasteiger partial charge in [0.05, 0.1) is 35.1 Å². The summed E-state index contributed by atoms with van der Waals surface area (Å²) in [4.78, 5) is 28.4. The molecule has 0 N–H and O–H groups in total. The fourth-order valence-electron chi connectivity index (χ4n) is 4.55. The fourth-order valence-corrected chi connectivity index (χ4v) is 6.26. The zero-order chi connectivity index (χ0) is 21.8. The Hall–Kier alpha value is -3.13. The van der Waals surface area contributed by atoms with Crippen LogP contribution in [0, 0.1) is 0 Å². The highest BCUT2D eigenvalue weighted by Gasteiger charge is 2.48. The molecule has 31 heavy (non-hydrogen) atoms. The summed E-state index contributed by atoms with van der Waals surface area (Å²) < 4.78 is 35.7. The highest BCUT2D eigenvalue weighted by Crippen LogP contribution is 2.41. The van der Waals surface area contributed by atoms with E-state index in [0.29, 0.717) is 35.3 Å². The van der Waals surface area contributed by atoms with Crippen molar-refractivity contribution >= 4 is 26.7 Å². The van der Waals surface area contributed by atoms with Gasteiger partial charge in [-0.1, -0.05) is 24.3 Å². The van der Waals surface area contributed by atoms with Crippen LogP contribution in [0.1, 0.15) is 41.1 Å². The van der Waals surface area contributed by atoms with Crippen LogP contribution in [0.3, 0.4) is 0 Å². The fraction of sp³-hybridized carbons (Fsp3) is 0.304. The van der Waals surface area contributed by atoms with Crippen LogP contribution in [0.2, 0.25) is 0 Å². The van der Waals surface area contributed by atoms with Gasteiger partial charge < -0.3 is 14.1 Å². The van der Waals surface area contributed by atoms with Crippen LogP contribution < -0.4 is 10.2 Å². The van der Waals surface area contributed by atoms with Crippen LogP contribution in [0.5, 0.6) is 5.75 Å². The van der Waals surface area contributed by atoms with Crippen molar-refractivity contribution < 1.29 is 22.4 Å². The number of benzene rings is 2. The van der Waals surface area contributed by atoms with Crippen molar-refractivity contribution in [2.24, 2.45) is 0 Å². The van der Waals surface area contributed by atoms with Crippen LogP contribution in [-0.2, 0) is 9.84 Å². The second-order valence-corrected chi connectivity index (χ2v) is 10.1. The molecule has 2 aliphatic rings. The molecule has 5 rings (SSSR count). The summed E-state index contributed by atoms with van der Waals surface area (Å²) in [5, 5.41) is 0.394. The Morgan fingerprint density at radius 2 is 1.84 bits per heavy atom. The van der Waals surface area contributed by atoms with E-state index >= 15 is 0 Å². The van der Waals surface area contributed by atoms with Gasteiger partial charge in [0.2, 0.25) is 5.76 Å². The second kappa shape index (κ2) is 7.23. The largest absolute Gasteiger partial charge is 0.494 e. The van der Waals surface area contributed by atoms with E-state index in [-0.39, 0.29) is 28.3 Å². The van der Waals surface area contributed by atoms with Crippen LogP contribution in [0.4, 0.5) is 0 Å². The Labute approximate surface area is 179 Å². The number of rotatable bonds is 4. The quantitative estimate of drug-likeness (QED) is 0.621. The molecule has 0 aliphatic carbocycles. The molecule has 160 valence electrons. The SMILES string of the molecule is CCOc1ccc([C@@H]2c3c(oc4ccccc4c3=O)C(=O)N2[C@@H]2CCS(=O)(=O)C2)cc1. The molecule has 3 aromatic rings. The van der Waals surface area contributed by atoms with Crippen molar-refractivity contribution in [3.05, 3.63) is 75.6 Å². The summed E-state index contributed by atoms with van der Waals surface area (Å²) in [6.45, 7) is 2.41. The van der Waals surface area contributed by atoms with E-state index in [2.05, 4.69) is 0 Å². The topological polar surface area (TPSA) is 93.9 Å². The van der Waals surface area contributed by atoms with Gasteiger partial charge in [-0.15, -0.1) is 0 Å². The Balaban J connectivity index is 1.70. The summed E-state index contributed by atoms with van der Waals surface area (Å²) in [5.41, 5.74) is 1.04. The zero-order valence-electron chi connectivity index (χ0n) is 16.9. The second-order valence-electron chi connectivity index (χ2n) is 7.84. The summed E-state index contributed by atoms with van der Waals surface area (Å²) in [7, 11) is -3.23. The number of ether oxygens (including phenoxy) is 1. The van der Waals surface area contributed by atoms with Crippen molar-refractivity contribution in [2.75, 3.05) is 18.1 Å². The molecular weight excluding hydrogens is 418 g/mol. The summed E-state index contributed by atoms with van der Waals surface area (Å²) in [6.07, 6.45) is 0.337. The third kappa shape index (κ3) is 3.22. The molecule has 2 aromatic carbocycles. The number of fused-ring (bicyclic) bond motifs is 2. The number of carbonyl (C=O) groups is 1. The lowest BCUT2D eigenvalue weighted by molar-refractivity contribution is 0.0662. The molecule has 8 heteroatoms. The number of amides is 1. The van der Waals surface area contributed by atoms with Gasteiger partial charge in [-0.2, -0.15) is 0 Å². The lowest BCUT2D eigenvalue weighted by Gasteiger charge is -2.30. The first-order valence-corrected chi connectivity index (χ1v) is 12.0. The first-order valence-electron chi connectivity index (χ1n) is 10.2. The molecule has 1 saturated heterocycles. The molecular formula is C23H21NO6S. The van der Waals surface area contributed by atoms with Crippen molar-refractivity contribution in [2.45, 2.75) is 25.4 Å². The lowest BCUT2D eigenvalue weighted by Crippen LogP contribution is -2.40. The highest BCUT2D eigenvalue weighted by atomic mass is 32.2. The van der Waals surface area contributed by atoms with E-state index in [1.807, 2.05) is 19.1 Å². The van der Waals surface area contributed by atoms with Crippen molar-refractivity contribution in [3.8, 4) is 5.75 Å². The van der Waals surface area contributed by atoms with Gasteiger partial charge in [0, 0.05) is 6.04 Å². The highest BCUT2D eigenvalue weighted by molar-refractivity contribution is 7.91. The first kappa shape index (κ1) is 19.8. The average Bonchev–Trinajstić information content (AvgIpc) is 3.26. The Morgan fingerprint density at radius 1 is 1.10 bits per heavy atom. The maximum atomic E-state index is 13.4. The van der Waals surface area contributed by atoms with Crippen molar-refractivity contribution in [1.82, 2.24) is 4.90 Å². The van der Waals surface area contributed by atoms with E-state index in [1.54, 1.807) is 36.4 Å². The van der Waals surface area contributed by atoms with Gasteiger partial charge in [-0.05, 0) is 43.2 Å². The Kier molecular flexibility index (Phi) is 4.62. The monoisotopic (exact) mass is 439 g/mol. The molecule has 1 aromatic heterocycles. The third-order valence-corrected chi connectivity index (χ3v) is 7.67. The maximum Gasteiger partial charge on any atom is 0.291 e.